The summed E-state index contributed by atoms with van der Waals surface area (Å²) in [4.78, 5) is 21.9. The van der Waals surface area contributed by atoms with Gasteiger partial charge in [0.2, 0.25) is 5.91 Å². The fourth-order valence-electron chi connectivity index (χ4n) is 1.19. The van der Waals surface area contributed by atoms with Gasteiger partial charge in [0, 0.05) is 11.1 Å². The van der Waals surface area contributed by atoms with Crippen LogP contribution in [-0.2, 0) is 9.59 Å². The third-order valence-electron chi connectivity index (χ3n) is 2.07. The van der Waals surface area contributed by atoms with E-state index in [9.17, 15) is 9.59 Å². The minimum Gasteiger partial charge on any atom is -0.480 e. The van der Waals surface area contributed by atoms with Crippen molar-refractivity contribution in [2.75, 3.05) is 6.61 Å². The maximum Gasteiger partial charge on any atom is 0.328 e. The summed E-state index contributed by atoms with van der Waals surface area (Å²) >= 11 is 5.76. The minimum atomic E-state index is -1.30. The molecule has 0 aliphatic rings. The number of carboxylic acids is 1. The lowest BCUT2D eigenvalue weighted by atomic mass is 10.2. The quantitative estimate of drug-likeness (QED) is 0.694. The SMILES string of the molecule is O=C(/C=C/c1cccc(Cl)c1)NC(CO)C(=O)O. The summed E-state index contributed by atoms with van der Waals surface area (Å²) in [6.07, 6.45) is 2.68. The number of nitrogens with one attached hydrogen (secondary N) is 1. The highest BCUT2D eigenvalue weighted by Gasteiger charge is 2.16. The van der Waals surface area contributed by atoms with E-state index in [1.807, 2.05) is 0 Å². The largest absolute Gasteiger partial charge is 0.480 e. The predicted molar refractivity (Wildman–Crippen MR) is 67.1 cm³/mol. The molecule has 1 amide bonds. The summed E-state index contributed by atoms with van der Waals surface area (Å²) in [7, 11) is 0. The van der Waals surface area contributed by atoms with Crippen LogP contribution in [0.4, 0.5) is 0 Å². The molecule has 0 radical (unpaired) electrons. The number of hydrogen-bond donors (Lipinski definition) is 3. The maximum atomic E-state index is 11.4. The standard InChI is InChI=1S/C12H12ClNO4/c13-9-3-1-2-8(6-9)4-5-11(16)14-10(7-15)12(17)18/h1-6,10,15H,7H2,(H,14,16)(H,17,18)/b5-4+. The van der Waals surface area contributed by atoms with Crippen molar-refractivity contribution in [1.82, 2.24) is 5.32 Å². The summed E-state index contributed by atoms with van der Waals surface area (Å²) in [5.74, 6) is -1.89. The third-order valence-corrected chi connectivity index (χ3v) is 2.31. The van der Waals surface area contributed by atoms with Crippen LogP contribution in [0.15, 0.2) is 30.3 Å². The van der Waals surface area contributed by atoms with Crippen molar-refractivity contribution in [1.29, 1.82) is 0 Å². The number of aliphatic hydroxyl groups excluding tert-OH is 1. The van der Waals surface area contributed by atoms with E-state index < -0.39 is 24.5 Å². The van der Waals surface area contributed by atoms with Crippen LogP contribution in [-0.4, -0.2) is 34.7 Å². The smallest absolute Gasteiger partial charge is 0.328 e. The van der Waals surface area contributed by atoms with Gasteiger partial charge in [-0.1, -0.05) is 23.7 Å². The Morgan fingerprint density at radius 1 is 1.44 bits per heavy atom. The molecule has 0 aliphatic carbocycles. The van der Waals surface area contributed by atoms with Gasteiger partial charge in [0.25, 0.3) is 0 Å². The van der Waals surface area contributed by atoms with E-state index in [4.69, 9.17) is 21.8 Å². The Bertz CT molecular complexity index is 473. The third kappa shape index (κ3) is 4.57. The van der Waals surface area contributed by atoms with E-state index in [0.29, 0.717) is 10.6 Å². The molecule has 0 heterocycles. The first-order valence-electron chi connectivity index (χ1n) is 5.10. The number of aliphatic carboxylic acids is 1. The topological polar surface area (TPSA) is 86.6 Å². The van der Waals surface area contributed by atoms with Crippen LogP contribution in [0.3, 0.4) is 0 Å². The van der Waals surface area contributed by atoms with E-state index >= 15 is 0 Å². The first-order chi connectivity index (χ1) is 8.52. The minimum absolute atomic E-state index is 0.538. The number of benzene rings is 1. The highest BCUT2D eigenvalue weighted by atomic mass is 35.5. The number of aliphatic hydroxyl groups is 1. The van der Waals surface area contributed by atoms with Gasteiger partial charge in [-0.3, -0.25) is 4.79 Å². The van der Waals surface area contributed by atoms with Crippen molar-refractivity contribution in [3.8, 4) is 0 Å². The van der Waals surface area contributed by atoms with Gasteiger partial charge >= 0.3 is 5.97 Å². The van der Waals surface area contributed by atoms with Crippen molar-refractivity contribution >= 4 is 29.6 Å². The van der Waals surface area contributed by atoms with Crippen LogP contribution >= 0.6 is 11.6 Å². The second-order valence-corrected chi connectivity index (χ2v) is 3.91. The van der Waals surface area contributed by atoms with Crippen LogP contribution < -0.4 is 5.32 Å². The summed E-state index contributed by atoms with van der Waals surface area (Å²) in [5.41, 5.74) is 0.716. The second-order valence-electron chi connectivity index (χ2n) is 3.47. The molecule has 1 rings (SSSR count). The lowest BCUT2D eigenvalue weighted by Crippen LogP contribution is -2.42. The second kappa shape index (κ2) is 6.78. The number of rotatable bonds is 5. The Balaban J connectivity index is 2.62. The average Bonchev–Trinajstić information content (AvgIpc) is 2.33. The normalized spacial score (nSPS) is 12.3. The molecule has 0 aliphatic heterocycles. The molecule has 3 N–H and O–H groups in total. The highest BCUT2D eigenvalue weighted by Crippen LogP contribution is 2.11. The van der Waals surface area contributed by atoms with Crippen LogP contribution in [0.2, 0.25) is 5.02 Å². The molecule has 1 aromatic carbocycles. The molecular formula is C12H12ClNO4. The van der Waals surface area contributed by atoms with Crippen molar-refractivity contribution in [2.45, 2.75) is 6.04 Å². The van der Waals surface area contributed by atoms with Crippen LogP contribution in [0.25, 0.3) is 6.08 Å². The van der Waals surface area contributed by atoms with Gasteiger partial charge in [-0.25, -0.2) is 4.79 Å². The lowest BCUT2D eigenvalue weighted by molar-refractivity contribution is -0.142. The molecule has 0 bridgehead atoms. The monoisotopic (exact) mass is 269 g/mol. The highest BCUT2D eigenvalue weighted by molar-refractivity contribution is 6.30. The number of amides is 1. The van der Waals surface area contributed by atoms with Crippen molar-refractivity contribution < 1.29 is 19.8 Å². The number of carbonyl (C=O) groups excluding carboxylic acids is 1. The number of hydrogen-bond acceptors (Lipinski definition) is 3. The molecule has 1 unspecified atom stereocenters. The van der Waals surface area contributed by atoms with E-state index in [2.05, 4.69) is 5.32 Å². The van der Waals surface area contributed by atoms with Crippen LogP contribution in [0, 0.1) is 0 Å². The van der Waals surface area contributed by atoms with Gasteiger partial charge in [0.15, 0.2) is 6.04 Å². The first-order valence-corrected chi connectivity index (χ1v) is 5.48. The Morgan fingerprint density at radius 3 is 2.72 bits per heavy atom. The zero-order valence-electron chi connectivity index (χ0n) is 9.34. The fraction of sp³-hybridized carbons (Fsp3) is 0.167. The molecular weight excluding hydrogens is 258 g/mol. The van der Waals surface area contributed by atoms with Gasteiger partial charge in [0.05, 0.1) is 6.61 Å². The van der Waals surface area contributed by atoms with E-state index in [0.717, 1.165) is 0 Å². The Kier molecular flexibility index (Phi) is 5.35. The number of halogens is 1. The molecule has 1 aromatic rings. The van der Waals surface area contributed by atoms with Gasteiger partial charge in [-0.2, -0.15) is 0 Å². The maximum absolute atomic E-state index is 11.4. The Morgan fingerprint density at radius 2 is 2.17 bits per heavy atom. The van der Waals surface area contributed by atoms with E-state index in [1.165, 1.54) is 12.2 Å². The fourth-order valence-corrected chi connectivity index (χ4v) is 1.39. The summed E-state index contributed by atoms with van der Waals surface area (Å²) in [6.45, 7) is -0.661. The van der Waals surface area contributed by atoms with E-state index in [-0.39, 0.29) is 0 Å². The zero-order chi connectivity index (χ0) is 13.5. The number of carbonyl (C=O) groups is 2. The van der Waals surface area contributed by atoms with Gasteiger partial charge in [0.1, 0.15) is 0 Å². The average molecular weight is 270 g/mol. The molecule has 0 saturated carbocycles. The molecule has 0 saturated heterocycles. The van der Waals surface area contributed by atoms with E-state index in [1.54, 1.807) is 24.3 Å². The van der Waals surface area contributed by atoms with Crippen LogP contribution in [0.1, 0.15) is 5.56 Å². The van der Waals surface area contributed by atoms with Gasteiger partial charge in [-0.05, 0) is 23.8 Å². The van der Waals surface area contributed by atoms with Gasteiger partial charge in [-0.15, -0.1) is 0 Å². The molecule has 18 heavy (non-hydrogen) atoms. The first kappa shape index (κ1) is 14.2. The summed E-state index contributed by atoms with van der Waals surface area (Å²) in [6, 6.07) is 5.53. The van der Waals surface area contributed by atoms with Crippen molar-refractivity contribution in [2.24, 2.45) is 0 Å². The molecule has 0 aromatic heterocycles. The summed E-state index contributed by atoms with van der Waals surface area (Å²) in [5, 5.41) is 20.0. The van der Waals surface area contributed by atoms with Crippen molar-refractivity contribution in [3.05, 3.63) is 40.9 Å². The zero-order valence-corrected chi connectivity index (χ0v) is 10.1. The van der Waals surface area contributed by atoms with Crippen LogP contribution in [0.5, 0.6) is 0 Å². The Labute approximate surface area is 109 Å². The van der Waals surface area contributed by atoms with Gasteiger partial charge < -0.3 is 15.5 Å². The molecule has 1 atom stereocenters. The summed E-state index contributed by atoms with van der Waals surface area (Å²) < 4.78 is 0. The predicted octanol–water partition coefficient (Wildman–Crippen LogP) is 0.915. The molecule has 96 valence electrons. The Hall–Kier alpha value is -1.85. The molecule has 0 fully saturated rings. The van der Waals surface area contributed by atoms with Crippen molar-refractivity contribution in [3.63, 3.8) is 0 Å². The molecule has 0 spiro atoms. The number of carboxylic acid groups (broad SMARTS) is 1. The molecule has 6 heteroatoms. The molecule has 5 nitrogen and oxygen atoms in total. The lowest BCUT2D eigenvalue weighted by Gasteiger charge is -2.09.